The van der Waals surface area contributed by atoms with E-state index in [1.165, 1.54) is 0 Å². The van der Waals surface area contributed by atoms with Crippen molar-refractivity contribution in [3.05, 3.63) is 53.3 Å². The molecule has 0 aliphatic rings. The summed E-state index contributed by atoms with van der Waals surface area (Å²) in [6.07, 6.45) is 0. The van der Waals surface area contributed by atoms with Gasteiger partial charge in [0.05, 0.1) is 12.2 Å². The molecular weight excluding hydrogens is 254 g/mol. The number of nitrogens with one attached hydrogen (secondary N) is 1. The minimum atomic E-state index is -0.281. The van der Waals surface area contributed by atoms with Crippen molar-refractivity contribution in [3.63, 3.8) is 0 Å². The molecule has 0 aliphatic heterocycles. The Morgan fingerprint density at radius 3 is 2.60 bits per heavy atom. The van der Waals surface area contributed by atoms with Crippen LogP contribution in [0.5, 0.6) is 0 Å². The number of carbonyl (C=O) groups excluding carboxylic acids is 2. The summed E-state index contributed by atoms with van der Waals surface area (Å²) >= 11 is 0. The largest absolute Gasteiger partial charge is 0.343 e. The van der Waals surface area contributed by atoms with E-state index in [9.17, 15) is 9.59 Å². The minimum absolute atomic E-state index is 0.0171. The van der Waals surface area contributed by atoms with Crippen LogP contribution in [0.15, 0.2) is 36.4 Å². The van der Waals surface area contributed by atoms with Crippen molar-refractivity contribution in [2.75, 3.05) is 6.54 Å². The van der Waals surface area contributed by atoms with Gasteiger partial charge < -0.3 is 5.32 Å². The molecule has 1 aromatic heterocycles. The van der Waals surface area contributed by atoms with Gasteiger partial charge in [-0.25, -0.2) is 0 Å². The fraction of sp³-hybridized carbons (Fsp3) is 0.267. The molecule has 1 heterocycles. The molecule has 20 heavy (non-hydrogen) atoms. The maximum atomic E-state index is 12.0. The van der Waals surface area contributed by atoms with E-state index in [4.69, 9.17) is 0 Å². The van der Waals surface area contributed by atoms with Gasteiger partial charge in [0.25, 0.3) is 5.91 Å². The van der Waals surface area contributed by atoms with E-state index < -0.39 is 0 Å². The van der Waals surface area contributed by atoms with Crippen LogP contribution in [-0.4, -0.2) is 28.0 Å². The lowest BCUT2D eigenvalue weighted by atomic mass is 10.1. The number of nitrogens with zero attached hydrogens (tertiary/aromatic N) is 2. The smallest absolute Gasteiger partial charge is 0.269 e. The SMILES string of the molecule is CCn1nc(C)cc1C(=O)NCC(=O)c1ccccc1. The number of ketones is 1. The molecule has 0 saturated carbocycles. The zero-order valence-corrected chi connectivity index (χ0v) is 11.6. The highest BCUT2D eigenvalue weighted by molar-refractivity contribution is 6.01. The molecule has 0 spiro atoms. The van der Waals surface area contributed by atoms with Crippen molar-refractivity contribution in [2.24, 2.45) is 0 Å². The van der Waals surface area contributed by atoms with Crippen LogP contribution in [0, 0.1) is 6.92 Å². The van der Waals surface area contributed by atoms with Crippen molar-refractivity contribution in [3.8, 4) is 0 Å². The normalized spacial score (nSPS) is 10.3. The molecule has 0 saturated heterocycles. The van der Waals surface area contributed by atoms with Gasteiger partial charge in [-0.15, -0.1) is 0 Å². The van der Waals surface area contributed by atoms with Gasteiger partial charge in [-0.2, -0.15) is 5.10 Å². The number of Topliss-reactive ketones (excluding diaryl/α,β-unsaturated/α-hetero) is 1. The maximum absolute atomic E-state index is 12.0. The Hall–Kier alpha value is -2.43. The van der Waals surface area contributed by atoms with E-state index >= 15 is 0 Å². The Bertz CT molecular complexity index is 617. The van der Waals surface area contributed by atoms with E-state index in [1.807, 2.05) is 19.9 Å². The Morgan fingerprint density at radius 1 is 1.25 bits per heavy atom. The van der Waals surface area contributed by atoms with Crippen LogP contribution in [-0.2, 0) is 6.54 Å². The standard InChI is InChI=1S/C15H17N3O2/c1-3-18-13(9-11(2)17-18)15(20)16-10-14(19)12-7-5-4-6-8-12/h4-9H,3,10H2,1-2H3,(H,16,20). The van der Waals surface area contributed by atoms with Gasteiger partial charge in [0, 0.05) is 12.1 Å². The number of amides is 1. The monoisotopic (exact) mass is 271 g/mol. The van der Waals surface area contributed by atoms with Crippen LogP contribution in [0.4, 0.5) is 0 Å². The molecule has 1 N–H and O–H groups in total. The lowest BCUT2D eigenvalue weighted by molar-refractivity contribution is 0.0897. The van der Waals surface area contributed by atoms with E-state index in [2.05, 4.69) is 10.4 Å². The van der Waals surface area contributed by atoms with Crippen LogP contribution in [0.2, 0.25) is 0 Å². The van der Waals surface area contributed by atoms with Crippen molar-refractivity contribution >= 4 is 11.7 Å². The van der Waals surface area contributed by atoms with Crippen molar-refractivity contribution in [1.82, 2.24) is 15.1 Å². The number of carbonyl (C=O) groups is 2. The molecule has 1 amide bonds. The van der Waals surface area contributed by atoms with Crippen LogP contribution in [0.3, 0.4) is 0 Å². The van der Waals surface area contributed by atoms with Crippen molar-refractivity contribution in [2.45, 2.75) is 20.4 Å². The number of aryl methyl sites for hydroxylation is 2. The average molecular weight is 271 g/mol. The number of hydrogen-bond acceptors (Lipinski definition) is 3. The van der Waals surface area contributed by atoms with Gasteiger partial charge in [-0.05, 0) is 19.9 Å². The molecule has 5 nitrogen and oxygen atoms in total. The van der Waals surface area contributed by atoms with Crippen LogP contribution in [0.25, 0.3) is 0 Å². The van der Waals surface area contributed by atoms with Gasteiger partial charge >= 0.3 is 0 Å². The zero-order valence-electron chi connectivity index (χ0n) is 11.6. The summed E-state index contributed by atoms with van der Waals surface area (Å²) in [6, 6.07) is 10.6. The minimum Gasteiger partial charge on any atom is -0.343 e. The molecule has 5 heteroatoms. The lowest BCUT2D eigenvalue weighted by Gasteiger charge is -2.06. The second-order valence-corrected chi connectivity index (χ2v) is 4.46. The molecule has 104 valence electrons. The second-order valence-electron chi connectivity index (χ2n) is 4.46. The topological polar surface area (TPSA) is 64.0 Å². The molecule has 0 bridgehead atoms. The molecule has 2 aromatic rings. The van der Waals surface area contributed by atoms with E-state index in [1.54, 1.807) is 35.0 Å². The first-order valence-electron chi connectivity index (χ1n) is 6.52. The first kappa shape index (κ1) is 14.0. The van der Waals surface area contributed by atoms with Crippen LogP contribution in [0.1, 0.15) is 33.5 Å². The highest BCUT2D eigenvalue weighted by Crippen LogP contribution is 2.04. The van der Waals surface area contributed by atoms with Crippen molar-refractivity contribution in [1.29, 1.82) is 0 Å². The van der Waals surface area contributed by atoms with Gasteiger partial charge in [0.1, 0.15) is 5.69 Å². The molecule has 2 rings (SSSR count). The molecule has 0 atom stereocenters. The van der Waals surface area contributed by atoms with Gasteiger partial charge in [0.15, 0.2) is 5.78 Å². The number of hydrogen-bond donors (Lipinski definition) is 1. The zero-order chi connectivity index (χ0) is 14.5. The molecular formula is C15H17N3O2. The second kappa shape index (κ2) is 6.14. The summed E-state index contributed by atoms with van der Waals surface area (Å²) in [6.45, 7) is 4.34. The number of benzene rings is 1. The third kappa shape index (κ3) is 3.12. The Morgan fingerprint density at radius 2 is 1.95 bits per heavy atom. The van der Waals surface area contributed by atoms with Gasteiger partial charge in [-0.3, -0.25) is 14.3 Å². The fourth-order valence-electron chi connectivity index (χ4n) is 1.95. The highest BCUT2D eigenvalue weighted by atomic mass is 16.2. The number of aromatic nitrogens is 2. The van der Waals surface area contributed by atoms with Gasteiger partial charge in [-0.1, -0.05) is 30.3 Å². The van der Waals surface area contributed by atoms with E-state index in [-0.39, 0.29) is 18.2 Å². The first-order chi connectivity index (χ1) is 9.61. The average Bonchev–Trinajstić information content (AvgIpc) is 2.86. The highest BCUT2D eigenvalue weighted by Gasteiger charge is 2.14. The Balaban J connectivity index is 2.00. The fourth-order valence-corrected chi connectivity index (χ4v) is 1.95. The summed E-state index contributed by atoms with van der Waals surface area (Å²) in [5.74, 6) is -0.394. The first-order valence-corrected chi connectivity index (χ1v) is 6.52. The maximum Gasteiger partial charge on any atom is 0.269 e. The molecule has 0 unspecified atom stereocenters. The molecule has 0 aliphatic carbocycles. The lowest BCUT2D eigenvalue weighted by Crippen LogP contribution is -2.31. The third-order valence-electron chi connectivity index (χ3n) is 2.94. The quantitative estimate of drug-likeness (QED) is 0.844. The number of rotatable bonds is 5. The summed E-state index contributed by atoms with van der Waals surface area (Å²) in [5.41, 5.74) is 1.85. The predicted molar refractivity (Wildman–Crippen MR) is 75.7 cm³/mol. The summed E-state index contributed by atoms with van der Waals surface area (Å²) in [5, 5.41) is 6.84. The molecule has 0 radical (unpaired) electrons. The van der Waals surface area contributed by atoms with Crippen LogP contribution < -0.4 is 5.32 Å². The van der Waals surface area contributed by atoms with Gasteiger partial charge in [0.2, 0.25) is 0 Å². The van der Waals surface area contributed by atoms with Crippen molar-refractivity contribution < 1.29 is 9.59 Å². The van der Waals surface area contributed by atoms with Crippen LogP contribution >= 0.6 is 0 Å². The molecule has 0 fully saturated rings. The molecule has 1 aromatic carbocycles. The van der Waals surface area contributed by atoms with E-state index in [0.717, 1.165) is 5.69 Å². The predicted octanol–water partition coefficient (Wildman–Crippen LogP) is 1.82. The Labute approximate surface area is 117 Å². The summed E-state index contributed by atoms with van der Waals surface area (Å²) < 4.78 is 1.62. The van der Waals surface area contributed by atoms with E-state index in [0.29, 0.717) is 17.8 Å². The summed E-state index contributed by atoms with van der Waals surface area (Å²) in [4.78, 5) is 24.0. The summed E-state index contributed by atoms with van der Waals surface area (Å²) in [7, 11) is 0. The third-order valence-corrected chi connectivity index (χ3v) is 2.94. The Kier molecular flexibility index (Phi) is 4.30.